The summed E-state index contributed by atoms with van der Waals surface area (Å²) >= 11 is 0. The normalized spacial score (nSPS) is 10.7. The van der Waals surface area contributed by atoms with Gasteiger partial charge in [-0.2, -0.15) is 0 Å². The van der Waals surface area contributed by atoms with Gasteiger partial charge >= 0.3 is 0 Å². The van der Waals surface area contributed by atoms with Gasteiger partial charge in [-0.05, 0) is 42.2 Å². The molecule has 0 amide bonds. The largest absolute Gasteiger partial charge is 0.489 e. The van der Waals surface area contributed by atoms with Gasteiger partial charge in [0, 0.05) is 11.8 Å². The highest BCUT2D eigenvalue weighted by Crippen LogP contribution is 2.24. The van der Waals surface area contributed by atoms with E-state index < -0.39 is 0 Å². The number of aryl methyl sites for hydroxylation is 1. The van der Waals surface area contributed by atoms with Crippen molar-refractivity contribution in [3.05, 3.63) is 53.2 Å². The number of anilines is 1. The molecule has 4 heteroatoms. The fraction of sp³-hybridized carbons (Fsp3) is 0.312. The Hall–Kier alpha value is -2.07. The molecule has 1 heterocycles. The van der Waals surface area contributed by atoms with Crippen LogP contribution in [0.4, 0.5) is 5.82 Å². The zero-order valence-corrected chi connectivity index (χ0v) is 12.2. The molecule has 20 heavy (non-hydrogen) atoms. The lowest BCUT2D eigenvalue weighted by Gasteiger charge is -2.13. The van der Waals surface area contributed by atoms with E-state index in [1.54, 1.807) is 6.20 Å². The molecule has 0 aliphatic rings. The van der Waals surface area contributed by atoms with E-state index in [1.807, 2.05) is 18.2 Å². The highest BCUT2D eigenvalue weighted by molar-refractivity contribution is 5.42. The summed E-state index contributed by atoms with van der Waals surface area (Å²) in [6.07, 6.45) is 1.69. The maximum Gasteiger partial charge on any atom is 0.146 e. The van der Waals surface area contributed by atoms with Crippen LogP contribution < -0.4 is 16.0 Å². The minimum Gasteiger partial charge on any atom is -0.489 e. The van der Waals surface area contributed by atoms with Crippen LogP contribution in [0, 0.1) is 6.92 Å². The smallest absolute Gasteiger partial charge is 0.146 e. The number of nitrogens with one attached hydrogen (secondary N) is 1. The highest BCUT2D eigenvalue weighted by atomic mass is 16.5. The van der Waals surface area contributed by atoms with Crippen LogP contribution in [0.2, 0.25) is 0 Å². The number of nitrogens with two attached hydrogens (primary N) is 1. The minimum atomic E-state index is 0.438. The first kappa shape index (κ1) is 14.3. The monoisotopic (exact) mass is 271 g/mol. The lowest BCUT2D eigenvalue weighted by Crippen LogP contribution is -2.12. The van der Waals surface area contributed by atoms with Crippen LogP contribution in [0.3, 0.4) is 0 Å². The third kappa shape index (κ3) is 3.27. The molecular formula is C16H21N3O. The zero-order valence-electron chi connectivity index (χ0n) is 12.2. The van der Waals surface area contributed by atoms with Crippen molar-refractivity contribution in [3.8, 4) is 5.75 Å². The Balaban J connectivity index is 2.09. The van der Waals surface area contributed by atoms with Crippen LogP contribution in [0.5, 0.6) is 5.75 Å². The van der Waals surface area contributed by atoms with E-state index in [0.717, 1.165) is 11.3 Å². The van der Waals surface area contributed by atoms with Crippen molar-refractivity contribution >= 4 is 5.82 Å². The number of nitrogens with zero attached hydrogens (tertiary/aromatic N) is 1. The Kier molecular flexibility index (Phi) is 4.58. The topological polar surface area (TPSA) is 60.2 Å². The third-order valence-corrected chi connectivity index (χ3v) is 3.29. The molecule has 0 aliphatic heterocycles. The summed E-state index contributed by atoms with van der Waals surface area (Å²) in [5, 5.41) is 0. The lowest BCUT2D eigenvalue weighted by molar-refractivity contribution is 0.306. The summed E-state index contributed by atoms with van der Waals surface area (Å²) in [6.45, 7) is 6.93. The lowest BCUT2D eigenvalue weighted by atomic mass is 9.98. The van der Waals surface area contributed by atoms with Gasteiger partial charge in [0.2, 0.25) is 0 Å². The second-order valence-electron chi connectivity index (χ2n) is 5.12. The molecule has 0 radical (unpaired) electrons. The molecule has 0 spiro atoms. The molecule has 4 nitrogen and oxygen atoms in total. The number of nitrogen functional groups attached to an aromatic ring is 1. The van der Waals surface area contributed by atoms with E-state index in [4.69, 9.17) is 10.6 Å². The van der Waals surface area contributed by atoms with Crippen LogP contribution in [0.25, 0.3) is 0 Å². The van der Waals surface area contributed by atoms with E-state index in [0.29, 0.717) is 18.3 Å². The van der Waals surface area contributed by atoms with Gasteiger partial charge < -0.3 is 10.2 Å². The molecule has 0 saturated heterocycles. The quantitative estimate of drug-likeness (QED) is 0.646. The Morgan fingerprint density at radius 1 is 1.30 bits per heavy atom. The van der Waals surface area contributed by atoms with Gasteiger partial charge in [-0.3, -0.25) is 0 Å². The Morgan fingerprint density at radius 3 is 2.75 bits per heavy atom. The van der Waals surface area contributed by atoms with Gasteiger partial charge in [0.05, 0.1) is 0 Å². The van der Waals surface area contributed by atoms with Crippen LogP contribution in [-0.2, 0) is 6.61 Å². The van der Waals surface area contributed by atoms with Gasteiger partial charge in [0.15, 0.2) is 0 Å². The van der Waals surface area contributed by atoms with E-state index in [2.05, 4.69) is 43.3 Å². The number of benzene rings is 1. The van der Waals surface area contributed by atoms with Crippen molar-refractivity contribution in [3.63, 3.8) is 0 Å². The second-order valence-corrected chi connectivity index (χ2v) is 5.12. The maximum absolute atomic E-state index is 5.81. The first-order valence-corrected chi connectivity index (χ1v) is 6.75. The molecule has 0 saturated carbocycles. The first-order valence-electron chi connectivity index (χ1n) is 6.75. The molecule has 2 aromatic rings. The van der Waals surface area contributed by atoms with Gasteiger partial charge in [-0.25, -0.2) is 10.8 Å². The predicted octanol–water partition coefficient (Wildman–Crippen LogP) is 3.38. The van der Waals surface area contributed by atoms with Crippen molar-refractivity contribution < 1.29 is 4.74 Å². The fourth-order valence-electron chi connectivity index (χ4n) is 2.23. The molecule has 0 atom stereocenters. The molecule has 106 valence electrons. The second kappa shape index (κ2) is 6.39. The van der Waals surface area contributed by atoms with E-state index in [-0.39, 0.29) is 0 Å². The molecular weight excluding hydrogens is 250 g/mol. The predicted molar refractivity (Wildman–Crippen MR) is 81.6 cm³/mol. The van der Waals surface area contributed by atoms with E-state index in [9.17, 15) is 0 Å². The van der Waals surface area contributed by atoms with Crippen molar-refractivity contribution in [2.75, 3.05) is 5.43 Å². The number of pyridine rings is 1. The molecule has 1 aromatic carbocycles. The maximum atomic E-state index is 5.81. The van der Waals surface area contributed by atoms with Crippen molar-refractivity contribution in [2.45, 2.75) is 33.3 Å². The van der Waals surface area contributed by atoms with Crippen LogP contribution >= 0.6 is 0 Å². The summed E-state index contributed by atoms with van der Waals surface area (Å²) in [6, 6.07) is 10.0. The number of ether oxygens (including phenoxy) is 1. The first-order chi connectivity index (χ1) is 9.61. The summed E-state index contributed by atoms with van der Waals surface area (Å²) in [5.74, 6) is 7.45. The summed E-state index contributed by atoms with van der Waals surface area (Å²) in [5.41, 5.74) is 6.11. The standard InChI is InChI=1S/C16H21N3O/c1-11(2)15-7-6-14(9-12(15)3)20-10-13-5-4-8-18-16(13)19-17/h4-9,11H,10,17H2,1-3H3,(H,18,19). The van der Waals surface area contributed by atoms with Gasteiger partial charge in [-0.15, -0.1) is 0 Å². The number of hydrogen-bond donors (Lipinski definition) is 2. The summed E-state index contributed by atoms with van der Waals surface area (Å²) in [7, 11) is 0. The average molecular weight is 271 g/mol. The Bertz CT molecular complexity index is 582. The van der Waals surface area contributed by atoms with Gasteiger partial charge in [0.25, 0.3) is 0 Å². The minimum absolute atomic E-state index is 0.438. The average Bonchev–Trinajstić information content (AvgIpc) is 2.45. The van der Waals surface area contributed by atoms with E-state index >= 15 is 0 Å². The number of hydrogen-bond acceptors (Lipinski definition) is 4. The third-order valence-electron chi connectivity index (χ3n) is 3.29. The zero-order chi connectivity index (χ0) is 14.5. The van der Waals surface area contributed by atoms with Crippen molar-refractivity contribution in [1.29, 1.82) is 0 Å². The van der Waals surface area contributed by atoms with Crippen LogP contribution in [0.15, 0.2) is 36.5 Å². The SMILES string of the molecule is Cc1cc(OCc2cccnc2NN)ccc1C(C)C. The number of hydrazine groups is 1. The Morgan fingerprint density at radius 2 is 2.10 bits per heavy atom. The number of aromatic nitrogens is 1. The summed E-state index contributed by atoms with van der Waals surface area (Å²) < 4.78 is 5.81. The molecule has 0 aliphatic carbocycles. The molecule has 1 aromatic heterocycles. The van der Waals surface area contributed by atoms with Crippen molar-refractivity contribution in [2.24, 2.45) is 5.84 Å². The molecule has 2 rings (SSSR count). The van der Waals surface area contributed by atoms with Gasteiger partial charge in [-0.1, -0.05) is 26.0 Å². The number of rotatable bonds is 5. The Labute approximate surface area is 120 Å². The summed E-state index contributed by atoms with van der Waals surface area (Å²) in [4.78, 5) is 4.15. The molecule has 0 unspecified atom stereocenters. The van der Waals surface area contributed by atoms with Crippen LogP contribution in [0.1, 0.15) is 36.5 Å². The fourth-order valence-corrected chi connectivity index (χ4v) is 2.23. The van der Waals surface area contributed by atoms with E-state index in [1.165, 1.54) is 11.1 Å². The van der Waals surface area contributed by atoms with Crippen molar-refractivity contribution in [1.82, 2.24) is 4.98 Å². The molecule has 0 fully saturated rings. The van der Waals surface area contributed by atoms with Crippen LogP contribution in [-0.4, -0.2) is 4.98 Å². The molecule has 3 N–H and O–H groups in total. The highest BCUT2D eigenvalue weighted by Gasteiger charge is 2.06. The van der Waals surface area contributed by atoms with Gasteiger partial charge in [0.1, 0.15) is 18.2 Å². The molecule has 0 bridgehead atoms.